The van der Waals surface area contributed by atoms with Crippen LogP contribution >= 0.6 is 0 Å². The first-order chi connectivity index (χ1) is 17.0. The summed E-state index contributed by atoms with van der Waals surface area (Å²) in [6, 6.07) is 12.0. The minimum Gasteiger partial charge on any atom is -0.374 e. The van der Waals surface area contributed by atoms with E-state index in [1.54, 1.807) is 0 Å². The average Bonchev–Trinajstić information content (AvgIpc) is 2.82. The molecule has 2 rings (SSSR count). The lowest BCUT2D eigenvalue weighted by molar-refractivity contribution is -0.133. The minimum atomic E-state index is -3.02. The second-order valence-electron chi connectivity index (χ2n) is 8.34. The largest absolute Gasteiger partial charge is 0.374 e. The first-order valence-electron chi connectivity index (χ1n) is 11.2. The Morgan fingerprint density at radius 2 is 1.53 bits per heavy atom. The van der Waals surface area contributed by atoms with Gasteiger partial charge in [0.05, 0.1) is 13.2 Å². The SMILES string of the molecule is CC(F)(F)c1ccc(C[C@H](NC(=O)C(COCc2ccccc2)NC(=O)CCC(N)=O)C(N)=O)cc1. The van der Waals surface area contributed by atoms with E-state index < -0.39 is 41.6 Å². The van der Waals surface area contributed by atoms with Gasteiger partial charge in [-0.1, -0.05) is 54.6 Å². The minimum absolute atomic E-state index is 0.0517. The number of halogens is 2. The van der Waals surface area contributed by atoms with Crippen molar-refractivity contribution in [2.75, 3.05) is 6.61 Å². The third-order valence-corrected chi connectivity index (χ3v) is 5.21. The van der Waals surface area contributed by atoms with Crippen molar-refractivity contribution in [3.63, 3.8) is 0 Å². The molecule has 1 unspecified atom stereocenters. The zero-order chi connectivity index (χ0) is 26.7. The number of primary amides is 2. The van der Waals surface area contributed by atoms with Crippen molar-refractivity contribution in [3.8, 4) is 0 Å². The molecular weight excluding hydrogens is 474 g/mol. The van der Waals surface area contributed by atoms with Gasteiger partial charge in [0.15, 0.2) is 0 Å². The molecule has 36 heavy (non-hydrogen) atoms. The van der Waals surface area contributed by atoms with Crippen molar-refractivity contribution in [1.29, 1.82) is 0 Å². The number of benzene rings is 2. The monoisotopic (exact) mass is 504 g/mol. The van der Waals surface area contributed by atoms with Crippen LogP contribution in [0.5, 0.6) is 0 Å². The van der Waals surface area contributed by atoms with E-state index in [1.165, 1.54) is 24.3 Å². The molecule has 2 aromatic carbocycles. The highest BCUT2D eigenvalue weighted by Gasteiger charge is 2.27. The number of carbonyl (C=O) groups excluding carboxylic acids is 4. The van der Waals surface area contributed by atoms with E-state index in [9.17, 15) is 28.0 Å². The molecule has 2 aromatic rings. The van der Waals surface area contributed by atoms with Crippen LogP contribution in [-0.2, 0) is 42.9 Å². The van der Waals surface area contributed by atoms with E-state index >= 15 is 0 Å². The molecule has 0 aliphatic heterocycles. The number of hydrogen-bond donors (Lipinski definition) is 4. The number of amides is 4. The van der Waals surface area contributed by atoms with Gasteiger partial charge in [-0.25, -0.2) is 8.78 Å². The van der Waals surface area contributed by atoms with Crippen LogP contribution in [0.25, 0.3) is 0 Å². The van der Waals surface area contributed by atoms with Crippen molar-refractivity contribution < 1.29 is 32.7 Å². The lowest BCUT2D eigenvalue weighted by atomic mass is 10.0. The van der Waals surface area contributed by atoms with E-state index in [2.05, 4.69) is 10.6 Å². The Morgan fingerprint density at radius 1 is 0.889 bits per heavy atom. The highest BCUT2D eigenvalue weighted by Crippen LogP contribution is 2.26. The van der Waals surface area contributed by atoms with Crippen molar-refractivity contribution >= 4 is 23.6 Å². The molecule has 0 saturated carbocycles. The normalized spacial score (nSPS) is 12.9. The van der Waals surface area contributed by atoms with Crippen LogP contribution in [0, 0.1) is 0 Å². The molecule has 4 amide bonds. The Kier molecular flexibility index (Phi) is 10.5. The maximum Gasteiger partial charge on any atom is 0.270 e. The van der Waals surface area contributed by atoms with Gasteiger partial charge < -0.3 is 26.8 Å². The second kappa shape index (κ2) is 13.3. The van der Waals surface area contributed by atoms with Gasteiger partial charge in [-0.15, -0.1) is 0 Å². The maximum atomic E-state index is 13.4. The first-order valence-corrected chi connectivity index (χ1v) is 11.2. The lowest BCUT2D eigenvalue weighted by Crippen LogP contribution is -2.55. The van der Waals surface area contributed by atoms with Gasteiger partial charge in [-0.05, 0) is 11.1 Å². The van der Waals surface area contributed by atoms with Gasteiger partial charge in [-0.2, -0.15) is 0 Å². The molecule has 0 radical (unpaired) electrons. The summed E-state index contributed by atoms with van der Waals surface area (Å²) in [7, 11) is 0. The molecule has 11 heteroatoms. The van der Waals surface area contributed by atoms with Gasteiger partial charge >= 0.3 is 0 Å². The van der Waals surface area contributed by atoms with Crippen LogP contribution in [0.3, 0.4) is 0 Å². The number of ether oxygens (including phenoxy) is 1. The molecule has 6 N–H and O–H groups in total. The summed E-state index contributed by atoms with van der Waals surface area (Å²) in [5.41, 5.74) is 11.7. The number of nitrogens with one attached hydrogen (secondary N) is 2. The van der Waals surface area contributed by atoms with Crippen LogP contribution in [0.15, 0.2) is 54.6 Å². The maximum absolute atomic E-state index is 13.4. The first kappa shape index (κ1) is 28.4. The highest BCUT2D eigenvalue weighted by atomic mass is 19.3. The number of alkyl halides is 2. The van der Waals surface area contributed by atoms with E-state index in [0.717, 1.165) is 12.5 Å². The molecule has 0 bridgehead atoms. The van der Waals surface area contributed by atoms with Crippen LogP contribution in [0.2, 0.25) is 0 Å². The van der Waals surface area contributed by atoms with Crippen LogP contribution < -0.4 is 22.1 Å². The molecule has 0 aliphatic rings. The Hall–Kier alpha value is -3.86. The number of carbonyl (C=O) groups is 4. The zero-order valence-corrected chi connectivity index (χ0v) is 19.8. The standard InChI is InChI=1S/C25H30F2N4O5/c1-25(26,27)18-9-7-16(8-10-18)13-19(23(29)34)31-24(35)20(30-22(33)12-11-21(28)32)15-36-14-17-5-3-2-4-6-17/h2-10,19-20H,11-15H2,1H3,(H2,28,32)(H2,29,34)(H,30,33)(H,31,35)/t19-,20?/m0/s1. The Balaban J connectivity index is 2.07. The summed E-state index contributed by atoms with van der Waals surface area (Å²) in [4.78, 5) is 48.1. The topological polar surface area (TPSA) is 154 Å². The molecule has 0 saturated heterocycles. The Labute approximate surface area is 207 Å². The van der Waals surface area contributed by atoms with Crippen molar-refractivity contribution in [1.82, 2.24) is 10.6 Å². The zero-order valence-electron chi connectivity index (χ0n) is 19.8. The summed E-state index contributed by atoms with van der Waals surface area (Å²) >= 11 is 0. The molecule has 0 heterocycles. The average molecular weight is 505 g/mol. The van der Waals surface area contributed by atoms with Gasteiger partial charge in [0.25, 0.3) is 5.92 Å². The molecule has 2 atom stereocenters. The molecular formula is C25H30F2N4O5. The van der Waals surface area contributed by atoms with Gasteiger partial charge in [0.1, 0.15) is 12.1 Å². The third-order valence-electron chi connectivity index (χ3n) is 5.21. The summed E-state index contributed by atoms with van der Waals surface area (Å²) in [5.74, 6) is -5.89. The third kappa shape index (κ3) is 9.79. The number of hydrogen-bond acceptors (Lipinski definition) is 5. The van der Waals surface area contributed by atoms with E-state index in [4.69, 9.17) is 16.2 Å². The molecule has 0 aromatic heterocycles. The highest BCUT2D eigenvalue weighted by molar-refractivity contribution is 5.92. The van der Waals surface area contributed by atoms with E-state index in [0.29, 0.717) is 5.56 Å². The fourth-order valence-electron chi connectivity index (χ4n) is 3.22. The lowest BCUT2D eigenvalue weighted by Gasteiger charge is -2.22. The van der Waals surface area contributed by atoms with Crippen molar-refractivity contribution in [3.05, 3.63) is 71.3 Å². The Bertz CT molecular complexity index is 1040. The van der Waals surface area contributed by atoms with Gasteiger partial charge in [0.2, 0.25) is 23.6 Å². The molecule has 0 fully saturated rings. The number of rotatable bonds is 14. The summed E-state index contributed by atoms with van der Waals surface area (Å²) in [6.07, 6.45) is -0.489. The van der Waals surface area contributed by atoms with Crippen molar-refractivity contribution in [2.24, 2.45) is 11.5 Å². The van der Waals surface area contributed by atoms with E-state index in [1.807, 2.05) is 30.3 Å². The fraction of sp³-hybridized carbons (Fsp3) is 0.360. The van der Waals surface area contributed by atoms with Crippen LogP contribution in [0.1, 0.15) is 36.5 Å². The molecule has 0 spiro atoms. The molecule has 194 valence electrons. The molecule has 0 aliphatic carbocycles. The predicted octanol–water partition coefficient (Wildman–Crippen LogP) is 1.28. The Morgan fingerprint density at radius 3 is 2.08 bits per heavy atom. The summed E-state index contributed by atoms with van der Waals surface area (Å²) in [5, 5.41) is 4.95. The smallest absolute Gasteiger partial charge is 0.270 e. The van der Waals surface area contributed by atoms with Gasteiger partial charge in [0, 0.05) is 31.7 Å². The van der Waals surface area contributed by atoms with E-state index in [-0.39, 0.29) is 38.0 Å². The van der Waals surface area contributed by atoms with Crippen LogP contribution in [-0.4, -0.2) is 42.3 Å². The number of nitrogens with two attached hydrogens (primary N) is 2. The quantitative estimate of drug-likeness (QED) is 0.305. The van der Waals surface area contributed by atoms with Gasteiger partial charge in [-0.3, -0.25) is 19.2 Å². The van der Waals surface area contributed by atoms with Crippen molar-refractivity contribution in [2.45, 2.75) is 50.8 Å². The predicted molar refractivity (Wildman–Crippen MR) is 127 cm³/mol. The summed E-state index contributed by atoms with van der Waals surface area (Å²) in [6.45, 7) is 0.705. The molecule has 9 nitrogen and oxygen atoms in total. The second-order valence-corrected chi connectivity index (χ2v) is 8.34. The fourth-order valence-corrected chi connectivity index (χ4v) is 3.22. The summed E-state index contributed by atoms with van der Waals surface area (Å²) < 4.78 is 32.5. The van der Waals surface area contributed by atoms with Crippen LogP contribution in [0.4, 0.5) is 8.78 Å².